The molecule has 0 amide bonds. The maximum atomic E-state index is 8.71. The van der Waals surface area contributed by atoms with E-state index in [1.54, 1.807) is 0 Å². The Morgan fingerprint density at radius 2 is 2.19 bits per heavy atom. The molecule has 4 N–H and O–H groups in total. The van der Waals surface area contributed by atoms with Crippen LogP contribution in [0.3, 0.4) is 0 Å². The van der Waals surface area contributed by atoms with E-state index in [4.69, 9.17) is 10.8 Å². The van der Waals surface area contributed by atoms with Gasteiger partial charge in [-0.1, -0.05) is 19.8 Å². The fraction of sp³-hybridized carbons (Fsp3) is 1.00. The maximum absolute atomic E-state index is 8.71. The van der Waals surface area contributed by atoms with Gasteiger partial charge in [0.05, 0.1) is 0 Å². The van der Waals surface area contributed by atoms with Crippen molar-refractivity contribution >= 4 is 0 Å². The van der Waals surface area contributed by atoms with E-state index < -0.39 is 0 Å². The highest BCUT2D eigenvalue weighted by Gasteiger charge is 2.39. The van der Waals surface area contributed by atoms with Crippen LogP contribution in [0.4, 0.5) is 0 Å². The van der Waals surface area contributed by atoms with Crippen molar-refractivity contribution in [2.24, 2.45) is 11.7 Å². The summed E-state index contributed by atoms with van der Waals surface area (Å²) in [5.41, 5.74) is 6.19. The van der Waals surface area contributed by atoms with Crippen LogP contribution in [0, 0.1) is 5.92 Å². The van der Waals surface area contributed by atoms with Crippen molar-refractivity contribution in [2.75, 3.05) is 19.7 Å². The van der Waals surface area contributed by atoms with Crippen LogP contribution in [0.15, 0.2) is 0 Å². The lowest BCUT2D eigenvalue weighted by Gasteiger charge is -2.35. The summed E-state index contributed by atoms with van der Waals surface area (Å²) in [6, 6.07) is 0. The molecule has 0 heterocycles. The molecule has 0 aromatic heterocycles. The molecule has 0 bridgehead atoms. The predicted molar refractivity (Wildman–Crippen MR) is 68.4 cm³/mol. The van der Waals surface area contributed by atoms with E-state index in [0.717, 1.165) is 38.3 Å². The molecule has 1 aliphatic rings. The number of unbranched alkanes of at least 4 members (excludes halogenated alkanes) is 2. The molecule has 0 aromatic carbocycles. The van der Waals surface area contributed by atoms with Gasteiger partial charge in [-0.05, 0) is 44.6 Å². The van der Waals surface area contributed by atoms with Crippen molar-refractivity contribution < 1.29 is 5.11 Å². The van der Waals surface area contributed by atoms with E-state index in [9.17, 15) is 0 Å². The number of hydrogen-bond acceptors (Lipinski definition) is 3. The minimum Gasteiger partial charge on any atom is -0.396 e. The van der Waals surface area contributed by atoms with Gasteiger partial charge in [-0.25, -0.2) is 0 Å². The van der Waals surface area contributed by atoms with Crippen molar-refractivity contribution in [2.45, 2.75) is 57.4 Å². The van der Waals surface area contributed by atoms with Gasteiger partial charge in [0.2, 0.25) is 0 Å². The summed E-state index contributed by atoms with van der Waals surface area (Å²) in [7, 11) is 0. The Morgan fingerprint density at radius 1 is 1.38 bits per heavy atom. The van der Waals surface area contributed by atoms with Crippen molar-refractivity contribution in [3.8, 4) is 0 Å². The van der Waals surface area contributed by atoms with E-state index in [2.05, 4.69) is 12.2 Å². The largest absolute Gasteiger partial charge is 0.396 e. The maximum Gasteiger partial charge on any atom is 0.0431 e. The molecule has 0 spiro atoms. The van der Waals surface area contributed by atoms with E-state index in [-0.39, 0.29) is 5.54 Å². The summed E-state index contributed by atoms with van der Waals surface area (Å²) >= 11 is 0. The molecule has 2 atom stereocenters. The highest BCUT2D eigenvalue weighted by molar-refractivity contribution is 4.99. The topological polar surface area (TPSA) is 58.3 Å². The van der Waals surface area contributed by atoms with Crippen LogP contribution in [-0.4, -0.2) is 30.3 Å². The van der Waals surface area contributed by atoms with Gasteiger partial charge in [0.15, 0.2) is 0 Å². The molecule has 1 saturated carbocycles. The molecule has 3 nitrogen and oxygen atoms in total. The molecular weight excluding hydrogens is 200 g/mol. The lowest BCUT2D eigenvalue weighted by molar-refractivity contribution is 0.241. The van der Waals surface area contributed by atoms with Crippen LogP contribution in [0.1, 0.15) is 51.9 Å². The van der Waals surface area contributed by atoms with Gasteiger partial charge in [0.25, 0.3) is 0 Å². The highest BCUT2D eigenvalue weighted by Crippen LogP contribution is 2.37. The number of aliphatic hydroxyl groups excluding tert-OH is 1. The molecule has 0 aromatic rings. The quantitative estimate of drug-likeness (QED) is 0.554. The van der Waals surface area contributed by atoms with Crippen molar-refractivity contribution in [1.29, 1.82) is 0 Å². The molecule has 1 fully saturated rings. The highest BCUT2D eigenvalue weighted by atomic mass is 16.2. The zero-order valence-corrected chi connectivity index (χ0v) is 10.7. The summed E-state index contributed by atoms with van der Waals surface area (Å²) in [5, 5.41) is 12.4. The fourth-order valence-electron chi connectivity index (χ4n) is 3.06. The summed E-state index contributed by atoms with van der Waals surface area (Å²) in [6.07, 6.45) is 8.31. The third-order valence-electron chi connectivity index (χ3n) is 4.13. The van der Waals surface area contributed by atoms with Crippen LogP contribution in [0.2, 0.25) is 0 Å². The average Bonchev–Trinajstić information content (AvgIpc) is 2.72. The van der Waals surface area contributed by atoms with Gasteiger partial charge in [0, 0.05) is 18.7 Å². The summed E-state index contributed by atoms with van der Waals surface area (Å²) < 4.78 is 0. The molecule has 0 radical (unpaired) electrons. The fourth-order valence-corrected chi connectivity index (χ4v) is 3.06. The number of rotatable bonds is 8. The number of aliphatic hydroxyl groups is 1. The minimum atomic E-state index is 0.216. The van der Waals surface area contributed by atoms with Crippen molar-refractivity contribution in [1.82, 2.24) is 5.32 Å². The van der Waals surface area contributed by atoms with Gasteiger partial charge in [-0.2, -0.15) is 0 Å². The molecule has 1 rings (SSSR count). The van der Waals surface area contributed by atoms with Gasteiger partial charge < -0.3 is 16.2 Å². The lowest BCUT2D eigenvalue weighted by atomic mass is 9.85. The number of nitrogens with one attached hydrogen (secondary N) is 1. The average molecular weight is 228 g/mol. The first-order chi connectivity index (χ1) is 7.79. The van der Waals surface area contributed by atoms with Crippen LogP contribution in [-0.2, 0) is 0 Å². The Balaban J connectivity index is 2.30. The van der Waals surface area contributed by atoms with Gasteiger partial charge in [-0.15, -0.1) is 0 Å². The Morgan fingerprint density at radius 3 is 2.81 bits per heavy atom. The Bertz CT molecular complexity index is 187. The zero-order valence-electron chi connectivity index (χ0n) is 10.7. The summed E-state index contributed by atoms with van der Waals surface area (Å²) in [4.78, 5) is 0. The van der Waals surface area contributed by atoms with E-state index in [1.807, 2.05) is 0 Å². The van der Waals surface area contributed by atoms with E-state index >= 15 is 0 Å². The summed E-state index contributed by atoms with van der Waals surface area (Å²) in [6.45, 7) is 4.41. The van der Waals surface area contributed by atoms with Gasteiger partial charge >= 0.3 is 0 Å². The Labute approximate surface area is 99.8 Å². The first-order valence-corrected chi connectivity index (χ1v) is 6.85. The number of hydrogen-bond donors (Lipinski definition) is 3. The van der Waals surface area contributed by atoms with E-state index in [1.165, 1.54) is 25.7 Å². The third kappa shape index (κ3) is 3.44. The van der Waals surface area contributed by atoms with Crippen molar-refractivity contribution in [3.05, 3.63) is 0 Å². The molecule has 0 aliphatic heterocycles. The second-order valence-corrected chi connectivity index (χ2v) is 5.07. The molecule has 0 saturated heterocycles. The second-order valence-electron chi connectivity index (χ2n) is 5.07. The monoisotopic (exact) mass is 228 g/mol. The third-order valence-corrected chi connectivity index (χ3v) is 4.13. The van der Waals surface area contributed by atoms with Gasteiger partial charge in [-0.3, -0.25) is 0 Å². The normalized spacial score (nSPS) is 29.8. The number of nitrogens with two attached hydrogens (primary N) is 1. The first-order valence-electron chi connectivity index (χ1n) is 6.85. The van der Waals surface area contributed by atoms with Crippen LogP contribution in [0.5, 0.6) is 0 Å². The SMILES string of the molecule is CCC1CCCC1(CN)NCCCCCO. The van der Waals surface area contributed by atoms with Gasteiger partial charge in [0.1, 0.15) is 0 Å². The molecule has 96 valence electrons. The first kappa shape index (κ1) is 13.9. The second kappa shape index (κ2) is 7.25. The molecule has 1 aliphatic carbocycles. The lowest BCUT2D eigenvalue weighted by Crippen LogP contribution is -2.54. The minimum absolute atomic E-state index is 0.216. The smallest absolute Gasteiger partial charge is 0.0431 e. The standard InChI is InChI=1S/C13H28N2O/c1-2-12-7-6-8-13(12,11-14)15-9-4-3-5-10-16/h12,15-16H,2-11,14H2,1H3. The van der Waals surface area contributed by atoms with Crippen LogP contribution >= 0.6 is 0 Å². The van der Waals surface area contributed by atoms with Crippen molar-refractivity contribution in [3.63, 3.8) is 0 Å². The molecular formula is C13H28N2O. The van der Waals surface area contributed by atoms with Crippen LogP contribution in [0.25, 0.3) is 0 Å². The summed E-state index contributed by atoms with van der Waals surface area (Å²) in [5.74, 6) is 0.760. The molecule has 16 heavy (non-hydrogen) atoms. The molecule has 3 heteroatoms. The Hall–Kier alpha value is -0.120. The van der Waals surface area contributed by atoms with Crippen LogP contribution < -0.4 is 11.1 Å². The predicted octanol–water partition coefficient (Wildman–Crippen LogP) is 1.65. The zero-order chi connectivity index (χ0) is 11.9. The van der Waals surface area contributed by atoms with E-state index in [0.29, 0.717) is 6.61 Å². The Kier molecular flexibility index (Phi) is 6.32. The molecule has 2 unspecified atom stereocenters.